The molecule has 250 valence electrons. The SMILES string of the molecule is CC(=O)OC(CC(=O)OC1CCC(Nc2c(C(N)=O)ccc(-n3nc(CC4CC4)c4c3CC(C)(C)CC4=O)c2F)CC1)CN(C)C. The maximum Gasteiger partial charge on any atom is 0.309 e. The smallest absolute Gasteiger partial charge is 0.309 e. The van der Waals surface area contributed by atoms with Gasteiger partial charge in [-0.05, 0) is 88.9 Å². The predicted octanol–water partition coefficient (Wildman–Crippen LogP) is 4.37. The minimum absolute atomic E-state index is 0.00717. The van der Waals surface area contributed by atoms with Gasteiger partial charge in [0.15, 0.2) is 11.6 Å². The van der Waals surface area contributed by atoms with Crippen molar-refractivity contribution in [1.29, 1.82) is 0 Å². The van der Waals surface area contributed by atoms with Crippen LogP contribution in [-0.2, 0) is 31.9 Å². The zero-order valence-corrected chi connectivity index (χ0v) is 27.5. The number of hydrogen-bond donors (Lipinski definition) is 2. The predicted molar refractivity (Wildman–Crippen MR) is 169 cm³/mol. The Labute approximate surface area is 269 Å². The molecule has 1 atom stereocenters. The Morgan fingerprint density at radius 2 is 1.83 bits per heavy atom. The third-order valence-electron chi connectivity index (χ3n) is 9.03. The van der Waals surface area contributed by atoms with Crippen LogP contribution in [0.3, 0.4) is 0 Å². The number of halogens is 1. The largest absolute Gasteiger partial charge is 0.462 e. The highest BCUT2D eigenvalue weighted by Gasteiger charge is 2.39. The normalized spacial score (nSPS) is 21.4. The quantitative estimate of drug-likeness (QED) is 0.323. The van der Waals surface area contributed by atoms with Crippen molar-refractivity contribution in [1.82, 2.24) is 14.7 Å². The molecular weight excluding hydrogens is 593 g/mol. The number of hydrogen-bond acceptors (Lipinski definition) is 9. The molecule has 1 amide bonds. The number of anilines is 1. The van der Waals surface area contributed by atoms with E-state index in [9.17, 15) is 19.2 Å². The van der Waals surface area contributed by atoms with E-state index in [1.54, 1.807) is 4.68 Å². The lowest BCUT2D eigenvalue weighted by Crippen LogP contribution is -2.35. The summed E-state index contributed by atoms with van der Waals surface area (Å²) in [7, 11) is 3.66. The number of carbonyl (C=O) groups excluding carboxylic acids is 4. The average molecular weight is 640 g/mol. The number of likely N-dealkylation sites (N-methyl/N-ethyl adjacent to an activating group) is 1. The monoisotopic (exact) mass is 639 g/mol. The molecule has 3 aliphatic rings. The molecule has 2 fully saturated rings. The molecule has 11 nitrogen and oxygen atoms in total. The molecule has 1 unspecified atom stereocenters. The van der Waals surface area contributed by atoms with Crippen molar-refractivity contribution in [2.75, 3.05) is 26.0 Å². The van der Waals surface area contributed by atoms with Crippen molar-refractivity contribution >= 4 is 29.3 Å². The zero-order valence-electron chi connectivity index (χ0n) is 27.5. The lowest BCUT2D eigenvalue weighted by atomic mass is 9.75. The van der Waals surface area contributed by atoms with Gasteiger partial charge in [-0.2, -0.15) is 5.10 Å². The number of carbonyl (C=O) groups is 4. The number of primary amides is 1. The van der Waals surface area contributed by atoms with Crippen molar-refractivity contribution in [2.45, 2.75) is 103 Å². The number of rotatable bonds is 12. The molecule has 0 saturated heterocycles. The van der Waals surface area contributed by atoms with Crippen LogP contribution in [0.15, 0.2) is 12.1 Å². The van der Waals surface area contributed by atoms with Crippen molar-refractivity contribution in [3.8, 4) is 5.69 Å². The highest BCUT2D eigenvalue weighted by atomic mass is 19.1. The summed E-state index contributed by atoms with van der Waals surface area (Å²) in [6.45, 7) is 5.76. The van der Waals surface area contributed by atoms with Crippen LogP contribution in [0.2, 0.25) is 0 Å². The summed E-state index contributed by atoms with van der Waals surface area (Å²) >= 11 is 0. The van der Waals surface area contributed by atoms with Gasteiger partial charge in [-0.15, -0.1) is 0 Å². The van der Waals surface area contributed by atoms with E-state index in [0.29, 0.717) is 68.7 Å². The number of nitrogens with one attached hydrogen (secondary N) is 1. The summed E-state index contributed by atoms with van der Waals surface area (Å²) in [5, 5.41) is 8.03. The molecule has 2 aromatic rings. The number of esters is 2. The lowest BCUT2D eigenvalue weighted by molar-refractivity contribution is -0.158. The van der Waals surface area contributed by atoms with E-state index >= 15 is 4.39 Å². The number of amides is 1. The standard InChI is InChI=1S/C34H46FN5O6/c1-19(41)45-23(18-39(4)5)15-29(43)46-22-10-8-21(9-11-22)37-32-24(33(36)44)12-13-26(31(32)35)40-27-16-34(2,3)17-28(42)30(27)25(38-40)14-20-6-7-20/h12-13,20-23,37H,6-11,14-18H2,1-5H3,(H2,36,44). The number of ether oxygens (including phenoxy) is 2. The maximum absolute atomic E-state index is 16.5. The molecule has 3 aliphatic carbocycles. The van der Waals surface area contributed by atoms with E-state index in [1.165, 1.54) is 19.1 Å². The molecule has 0 aliphatic heterocycles. The Balaban J connectivity index is 1.32. The fraction of sp³-hybridized carbons (Fsp3) is 0.618. The second kappa shape index (κ2) is 13.5. The molecule has 1 heterocycles. The zero-order chi connectivity index (χ0) is 33.3. The molecule has 12 heteroatoms. The average Bonchev–Trinajstić information content (AvgIpc) is 3.69. The summed E-state index contributed by atoms with van der Waals surface area (Å²) in [6, 6.07) is 2.82. The van der Waals surface area contributed by atoms with Crippen molar-refractivity contribution < 1.29 is 33.0 Å². The van der Waals surface area contributed by atoms with E-state index < -0.39 is 29.8 Å². The van der Waals surface area contributed by atoms with E-state index in [-0.39, 0.29) is 46.7 Å². The van der Waals surface area contributed by atoms with Crippen LogP contribution in [0.4, 0.5) is 10.1 Å². The molecule has 0 radical (unpaired) electrons. The van der Waals surface area contributed by atoms with Crippen LogP contribution in [0.5, 0.6) is 0 Å². The van der Waals surface area contributed by atoms with Gasteiger partial charge >= 0.3 is 11.9 Å². The second-order valence-corrected chi connectivity index (χ2v) is 14.3. The minimum atomic E-state index is -0.760. The van der Waals surface area contributed by atoms with Gasteiger partial charge in [0.25, 0.3) is 5.91 Å². The first-order valence-electron chi connectivity index (χ1n) is 16.3. The third-order valence-corrected chi connectivity index (χ3v) is 9.03. The van der Waals surface area contributed by atoms with Gasteiger partial charge in [-0.25, -0.2) is 9.07 Å². The molecule has 2 saturated carbocycles. The van der Waals surface area contributed by atoms with E-state index in [1.807, 2.05) is 32.8 Å². The van der Waals surface area contributed by atoms with Gasteiger partial charge in [0.2, 0.25) is 0 Å². The Bertz CT molecular complexity index is 1510. The molecule has 5 rings (SSSR count). The van der Waals surface area contributed by atoms with Crippen molar-refractivity contribution in [3.63, 3.8) is 0 Å². The Kier molecular flexibility index (Phi) is 9.86. The van der Waals surface area contributed by atoms with Gasteiger partial charge in [-0.1, -0.05) is 13.8 Å². The Morgan fingerprint density at radius 3 is 2.43 bits per heavy atom. The van der Waals surface area contributed by atoms with Crippen LogP contribution in [0.1, 0.15) is 104 Å². The summed E-state index contributed by atoms with van der Waals surface area (Å²) in [6.07, 6.45) is 5.13. The molecule has 0 bridgehead atoms. The number of nitrogens with two attached hydrogens (primary N) is 1. The molecular formula is C34H46FN5O6. The number of fused-ring (bicyclic) bond motifs is 1. The Hall–Kier alpha value is -3.80. The van der Waals surface area contributed by atoms with Crippen molar-refractivity contribution in [3.05, 3.63) is 40.5 Å². The van der Waals surface area contributed by atoms with Gasteiger partial charge in [0, 0.05) is 25.9 Å². The molecule has 46 heavy (non-hydrogen) atoms. The third kappa shape index (κ3) is 7.94. The first-order chi connectivity index (χ1) is 21.7. The second-order valence-electron chi connectivity index (χ2n) is 14.3. The minimum Gasteiger partial charge on any atom is -0.462 e. The van der Waals surface area contributed by atoms with Crippen LogP contribution in [-0.4, -0.2) is 77.2 Å². The first-order valence-corrected chi connectivity index (χ1v) is 16.3. The maximum atomic E-state index is 16.5. The molecule has 0 spiro atoms. The molecule has 1 aromatic carbocycles. The summed E-state index contributed by atoms with van der Waals surface area (Å²) < 4.78 is 29.0. The van der Waals surface area contributed by atoms with Crippen molar-refractivity contribution in [2.24, 2.45) is 17.1 Å². The van der Waals surface area contributed by atoms with Crippen LogP contribution >= 0.6 is 0 Å². The summed E-state index contributed by atoms with van der Waals surface area (Å²) in [4.78, 5) is 51.6. The fourth-order valence-corrected chi connectivity index (χ4v) is 6.77. The number of Topliss-reactive ketones (excluding diaryl/α,β-unsaturated/α-hetero) is 1. The molecule has 3 N–H and O–H groups in total. The number of ketones is 1. The van der Waals surface area contributed by atoms with Gasteiger partial charge in [0.1, 0.15) is 17.9 Å². The number of nitrogens with zero attached hydrogens (tertiary/aromatic N) is 3. The Morgan fingerprint density at radius 1 is 1.13 bits per heavy atom. The van der Waals surface area contributed by atoms with Crippen LogP contribution < -0.4 is 11.1 Å². The highest BCUT2D eigenvalue weighted by Crippen LogP contribution is 2.41. The van der Waals surface area contributed by atoms with E-state index in [4.69, 9.17) is 20.3 Å². The van der Waals surface area contributed by atoms with Crippen LogP contribution in [0.25, 0.3) is 5.69 Å². The molecule has 1 aromatic heterocycles. The summed E-state index contributed by atoms with van der Waals surface area (Å²) in [5.41, 5.74) is 7.64. The van der Waals surface area contributed by atoms with Gasteiger partial charge in [-0.3, -0.25) is 19.2 Å². The topological polar surface area (TPSA) is 146 Å². The highest BCUT2D eigenvalue weighted by molar-refractivity contribution is 6.00. The fourth-order valence-electron chi connectivity index (χ4n) is 6.77. The first kappa shape index (κ1) is 33.6. The number of aromatic nitrogens is 2. The van der Waals surface area contributed by atoms with Crippen LogP contribution in [0, 0.1) is 17.2 Å². The van der Waals surface area contributed by atoms with Gasteiger partial charge < -0.3 is 25.4 Å². The van der Waals surface area contributed by atoms with E-state index in [2.05, 4.69) is 5.32 Å². The van der Waals surface area contributed by atoms with E-state index in [0.717, 1.165) is 18.5 Å². The van der Waals surface area contributed by atoms with Gasteiger partial charge in [0.05, 0.1) is 34.6 Å². The lowest BCUT2D eigenvalue weighted by Gasteiger charge is -2.31. The summed E-state index contributed by atoms with van der Waals surface area (Å²) in [5.74, 6) is -1.77. The number of benzene rings is 1.